The van der Waals surface area contributed by atoms with Crippen LogP contribution in [0.4, 0.5) is 4.39 Å². The predicted octanol–water partition coefficient (Wildman–Crippen LogP) is 1.80. The summed E-state index contributed by atoms with van der Waals surface area (Å²) in [6.07, 6.45) is 2.46. The fourth-order valence-electron chi connectivity index (χ4n) is 1.78. The molecule has 0 unspecified atom stereocenters. The van der Waals surface area contributed by atoms with Crippen molar-refractivity contribution in [2.75, 3.05) is 0 Å². The van der Waals surface area contributed by atoms with E-state index in [2.05, 4.69) is 0 Å². The van der Waals surface area contributed by atoms with Crippen molar-refractivity contribution >= 4 is 22.0 Å². The first kappa shape index (κ1) is 16.9. The zero-order chi connectivity index (χ0) is 16.9. The van der Waals surface area contributed by atoms with Crippen molar-refractivity contribution in [3.63, 3.8) is 0 Å². The van der Waals surface area contributed by atoms with Gasteiger partial charge in [0, 0.05) is 12.6 Å². The number of sulfonamides is 1. The van der Waals surface area contributed by atoms with Crippen LogP contribution in [0.15, 0.2) is 59.5 Å². The van der Waals surface area contributed by atoms with Crippen LogP contribution in [-0.2, 0) is 21.4 Å². The SMILES string of the molecule is NCc1ccc(S(=O)(=O)NC(=O)/C=C/c2ccc(F)cc2)cc1. The third kappa shape index (κ3) is 4.73. The molecule has 0 bridgehead atoms. The van der Waals surface area contributed by atoms with Crippen LogP contribution in [0.2, 0.25) is 0 Å². The highest BCUT2D eigenvalue weighted by Gasteiger charge is 2.15. The Hall–Kier alpha value is -2.51. The van der Waals surface area contributed by atoms with Crippen LogP contribution in [-0.4, -0.2) is 14.3 Å². The lowest BCUT2D eigenvalue weighted by molar-refractivity contribution is -0.114. The van der Waals surface area contributed by atoms with Gasteiger partial charge in [-0.25, -0.2) is 17.5 Å². The van der Waals surface area contributed by atoms with Gasteiger partial charge in [-0.15, -0.1) is 0 Å². The van der Waals surface area contributed by atoms with Crippen LogP contribution < -0.4 is 10.5 Å². The van der Waals surface area contributed by atoms with Gasteiger partial charge < -0.3 is 5.73 Å². The molecule has 120 valence electrons. The third-order valence-electron chi connectivity index (χ3n) is 3.00. The summed E-state index contributed by atoms with van der Waals surface area (Å²) in [5.74, 6) is -1.19. The molecule has 0 saturated heterocycles. The van der Waals surface area contributed by atoms with Crippen LogP contribution in [0.5, 0.6) is 0 Å². The fourth-order valence-corrected chi connectivity index (χ4v) is 2.72. The second-order valence-electron chi connectivity index (χ2n) is 4.70. The normalized spacial score (nSPS) is 11.6. The highest BCUT2D eigenvalue weighted by Crippen LogP contribution is 2.10. The van der Waals surface area contributed by atoms with Gasteiger partial charge in [0.05, 0.1) is 4.90 Å². The Balaban J connectivity index is 2.07. The van der Waals surface area contributed by atoms with Gasteiger partial charge in [-0.2, -0.15) is 0 Å². The van der Waals surface area contributed by atoms with Crippen molar-refractivity contribution in [3.05, 3.63) is 71.6 Å². The molecule has 1 amide bonds. The van der Waals surface area contributed by atoms with E-state index in [-0.39, 0.29) is 4.90 Å². The molecule has 7 heteroatoms. The molecule has 0 aliphatic heterocycles. The topological polar surface area (TPSA) is 89.3 Å². The molecule has 2 aromatic carbocycles. The van der Waals surface area contributed by atoms with E-state index >= 15 is 0 Å². The smallest absolute Gasteiger partial charge is 0.264 e. The predicted molar refractivity (Wildman–Crippen MR) is 85.1 cm³/mol. The van der Waals surface area contributed by atoms with Gasteiger partial charge in [0.1, 0.15) is 5.82 Å². The van der Waals surface area contributed by atoms with Gasteiger partial charge in [-0.05, 0) is 41.5 Å². The van der Waals surface area contributed by atoms with E-state index in [4.69, 9.17) is 5.73 Å². The minimum atomic E-state index is -3.95. The summed E-state index contributed by atoms with van der Waals surface area (Å²) in [6.45, 7) is 0.299. The molecule has 0 atom stereocenters. The molecule has 2 aromatic rings. The standard InChI is InChI=1S/C16H15FN2O3S/c17-14-6-1-12(2-7-14)5-10-16(20)19-23(21,22)15-8-3-13(11-18)4-9-15/h1-10H,11,18H2,(H,19,20)/b10-5+. The number of hydrogen-bond donors (Lipinski definition) is 2. The van der Waals surface area contributed by atoms with E-state index in [0.717, 1.165) is 11.6 Å². The highest BCUT2D eigenvalue weighted by molar-refractivity contribution is 7.90. The van der Waals surface area contributed by atoms with E-state index in [1.54, 1.807) is 12.1 Å². The van der Waals surface area contributed by atoms with E-state index in [0.29, 0.717) is 12.1 Å². The Labute approximate surface area is 133 Å². The molecule has 0 saturated carbocycles. The van der Waals surface area contributed by atoms with Gasteiger partial charge in [-0.3, -0.25) is 4.79 Å². The van der Waals surface area contributed by atoms with Crippen molar-refractivity contribution in [1.82, 2.24) is 4.72 Å². The van der Waals surface area contributed by atoms with Gasteiger partial charge in [0.15, 0.2) is 0 Å². The molecular weight excluding hydrogens is 319 g/mol. The number of hydrogen-bond acceptors (Lipinski definition) is 4. The molecule has 3 N–H and O–H groups in total. The number of rotatable bonds is 5. The highest BCUT2D eigenvalue weighted by atomic mass is 32.2. The van der Waals surface area contributed by atoms with Crippen LogP contribution in [0.3, 0.4) is 0 Å². The maximum absolute atomic E-state index is 12.8. The van der Waals surface area contributed by atoms with E-state index in [1.165, 1.54) is 42.5 Å². The van der Waals surface area contributed by atoms with Crippen LogP contribution >= 0.6 is 0 Å². The average Bonchev–Trinajstić information content (AvgIpc) is 2.54. The Bertz CT molecular complexity index is 813. The third-order valence-corrected chi connectivity index (χ3v) is 4.36. The lowest BCUT2D eigenvalue weighted by atomic mass is 10.2. The lowest BCUT2D eigenvalue weighted by Gasteiger charge is -2.05. The van der Waals surface area contributed by atoms with Crippen molar-refractivity contribution in [1.29, 1.82) is 0 Å². The largest absolute Gasteiger partial charge is 0.326 e. The summed E-state index contributed by atoms with van der Waals surface area (Å²) >= 11 is 0. The first-order valence-electron chi connectivity index (χ1n) is 6.70. The Morgan fingerprint density at radius 2 is 1.70 bits per heavy atom. The monoisotopic (exact) mass is 334 g/mol. The number of benzene rings is 2. The van der Waals surface area contributed by atoms with Crippen molar-refractivity contribution in [2.45, 2.75) is 11.4 Å². The lowest BCUT2D eigenvalue weighted by Crippen LogP contribution is -2.28. The maximum Gasteiger partial charge on any atom is 0.264 e. The van der Waals surface area contributed by atoms with Crippen molar-refractivity contribution in [2.24, 2.45) is 5.73 Å². The van der Waals surface area contributed by atoms with Crippen molar-refractivity contribution < 1.29 is 17.6 Å². The number of amides is 1. The van der Waals surface area contributed by atoms with Gasteiger partial charge in [0.25, 0.3) is 15.9 Å². The molecule has 2 rings (SSSR count). The minimum absolute atomic E-state index is 0.0294. The maximum atomic E-state index is 12.8. The van der Waals surface area contributed by atoms with Gasteiger partial charge in [0.2, 0.25) is 0 Å². The zero-order valence-electron chi connectivity index (χ0n) is 12.1. The number of carbonyl (C=O) groups excluding carboxylic acids is 1. The molecular formula is C16H15FN2O3S. The molecule has 0 aliphatic rings. The minimum Gasteiger partial charge on any atom is -0.326 e. The average molecular weight is 334 g/mol. The molecule has 0 spiro atoms. The number of nitrogens with two attached hydrogens (primary N) is 1. The summed E-state index contributed by atoms with van der Waals surface area (Å²) < 4.78 is 38.8. The van der Waals surface area contributed by atoms with Crippen LogP contribution in [0.25, 0.3) is 6.08 Å². The molecule has 0 aliphatic carbocycles. The molecule has 0 radical (unpaired) electrons. The van der Waals surface area contributed by atoms with E-state index < -0.39 is 21.7 Å². The molecule has 5 nitrogen and oxygen atoms in total. The Morgan fingerprint density at radius 3 is 2.26 bits per heavy atom. The number of nitrogens with one attached hydrogen (secondary N) is 1. The fraction of sp³-hybridized carbons (Fsp3) is 0.0625. The first-order valence-corrected chi connectivity index (χ1v) is 8.18. The van der Waals surface area contributed by atoms with Crippen LogP contribution in [0.1, 0.15) is 11.1 Å². The summed E-state index contributed by atoms with van der Waals surface area (Å²) in [7, 11) is -3.95. The number of halogens is 1. The van der Waals surface area contributed by atoms with Gasteiger partial charge in [-0.1, -0.05) is 24.3 Å². The summed E-state index contributed by atoms with van der Waals surface area (Å²) in [5.41, 5.74) is 6.80. The molecule has 23 heavy (non-hydrogen) atoms. The van der Waals surface area contributed by atoms with Crippen LogP contribution in [0, 0.1) is 5.82 Å². The van der Waals surface area contributed by atoms with Crippen molar-refractivity contribution in [3.8, 4) is 0 Å². The Kier molecular flexibility index (Phi) is 5.25. The Morgan fingerprint density at radius 1 is 1.09 bits per heavy atom. The second-order valence-corrected chi connectivity index (χ2v) is 6.39. The summed E-state index contributed by atoms with van der Waals surface area (Å²) in [6, 6.07) is 11.3. The second kappa shape index (κ2) is 7.17. The number of carbonyl (C=O) groups is 1. The molecule has 0 aromatic heterocycles. The quantitative estimate of drug-likeness (QED) is 0.816. The van der Waals surface area contributed by atoms with E-state index in [9.17, 15) is 17.6 Å². The molecule has 0 heterocycles. The first-order chi connectivity index (χ1) is 10.9. The molecule has 0 fully saturated rings. The summed E-state index contributed by atoms with van der Waals surface area (Å²) in [4.78, 5) is 11.7. The van der Waals surface area contributed by atoms with Gasteiger partial charge >= 0.3 is 0 Å². The van der Waals surface area contributed by atoms with E-state index in [1.807, 2.05) is 4.72 Å². The zero-order valence-corrected chi connectivity index (χ0v) is 12.9. The summed E-state index contributed by atoms with van der Waals surface area (Å²) in [5, 5.41) is 0.